The van der Waals surface area contributed by atoms with Gasteiger partial charge in [-0.05, 0) is 30.4 Å². The van der Waals surface area contributed by atoms with Crippen molar-refractivity contribution in [2.45, 2.75) is 36.9 Å². The van der Waals surface area contributed by atoms with E-state index in [1.54, 1.807) is 22.8 Å². The van der Waals surface area contributed by atoms with Gasteiger partial charge < -0.3 is 5.32 Å². The van der Waals surface area contributed by atoms with Gasteiger partial charge in [-0.15, -0.1) is 22.7 Å². The highest BCUT2D eigenvalue weighted by molar-refractivity contribution is 7.89. The van der Waals surface area contributed by atoms with Crippen LogP contribution in [0.25, 0.3) is 0 Å². The highest BCUT2D eigenvalue weighted by Gasteiger charge is 2.21. The zero-order valence-corrected chi connectivity index (χ0v) is 13.3. The van der Waals surface area contributed by atoms with Crippen LogP contribution in [0, 0.1) is 0 Å². The number of sulfonamides is 1. The third kappa shape index (κ3) is 3.67. The topological polar surface area (TPSA) is 58.2 Å². The molecule has 3 rings (SSSR count). The molecule has 0 unspecified atom stereocenters. The summed E-state index contributed by atoms with van der Waals surface area (Å²) in [4.78, 5) is 2.44. The van der Waals surface area contributed by atoms with Crippen LogP contribution in [0.1, 0.15) is 22.6 Å². The van der Waals surface area contributed by atoms with E-state index in [1.807, 2.05) is 17.5 Å². The Labute approximate surface area is 126 Å². The van der Waals surface area contributed by atoms with E-state index < -0.39 is 10.0 Å². The molecule has 0 aromatic carbocycles. The molecular weight excluding hydrogens is 312 g/mol. The summed E-state index contributed by atoms with van der Waals surface area (Å²) in [6.45, 7) is 1.11. The van der Waals surface area contributed by atoms with Crippen LogP contribution in [0.5, 0.6) is 0 Å². The first-order valence-corrected chi connectivity index (χ1v) is 9.70. The molecule has 4 nitrogen and oxygen atoms in total. The number of nitrogens with one attached hydrogen (secondary N) is 2. The Morgan fingerprint density at radius 2 is 2.05 bits per heavy atom. The zero-order valence-electron chi connectivity index (χ0n) is 10.8. The molecule has 108 valence electrons. The van der Waals surface area contributed by atoms with Crippen molar-refractivity contribution in [2.75, 3.05) is 0 Å². The van der Waals surface area contributed by atoms with Gasteiger partial charge in [0.05, 0.1) is 4.90 Å². The van der Waals surface area contributed by atoms with E-state index in [0.29, 0.717) is 17.5 Å². The zero-order chi connectivity index (χ0) is 14.0. The molecule has 20 heavy (non-hydrogen) atoms. The third-order valence-corrected chi connectivity index (χ3v) is 6.44. The molecule has 1 saturated carbocycles. The lowest BCUT2D eigenvalue weighted by atomic mass is 10.4. The van der Waals surface area contributed by atoms with Crippen LogP contribution in [0.15, 0.2) is 33.9 Å². The first kappa shape index (κ1) is 14.2. The lowest BCUT2D eigenvalue weighted by Gasteiger charge is -2.03. The molecule has 1 fully saturated rings. The van der Waals surface area contributed by atoms with Crippen LogP contribution in [0.3, 0.4) is 0 Å². The predicted molar refractivity (Wildman–Crippen MR) is 82.5 cm³/mol. The minimum absolute atomic E-state index is 0.353. The Morgan fingerprint density at radius 1 is 1.20 bits per heavy atom. The number of thiophene rings is 2. The van der Waals surface area contributed by atoms with Gasteiger partial charge in [0, 0.05) is 34.3 Å². The second-order valence-electron chi connectivity index (χ2n) is 4.81. The van der Waals surface area contributed by atoms with Crippen molar-refractivity contribution < 1.29 is 8.42 Å². The maximum absolute atomic E-state index is 12.2. The largest absolute Gasteiger partial charge is 0.309 e. The van der Waals surface area contributed by atoms with Crippen LogP contribution in [-0.4, -0.2) is 14.5 Å². The van der Waals surface area contributed by atoms with Gasteiger partial charge >= 0.3 is 0 Å². The molecule has 0 saturated heterocycles. The van der Waals surface area contributed by atoms with Gasteiger partial charge in [0.1, 0.15) is 0 Å². The quantitative estimate of drug-likeness (QED) is 0.821. The number of hydrogen-bond acceptors (Lipinski definition) is 5. The van der Waals surface area contributed by atoms with Gasteiger partial charge in [0.2, 0.25) is 10.0 Å². The average Bonchev–Trinajstić information content (AvgIpc) is 2.94. The molecule has 2 N–H and O–H groups in total. The van der Waals surface area contributed by atoms with Gasteiger partial charge in [-0.3, -0.25) is 0 Å². The Morgan fingerprint density at radius 3 is 2.75 bits per heavy atom. The summed E-state index contributed by atoms with van der Waals surface area (Å²) in [5.74, 6) is 0. The Hall–Kier alpha value is -0.730. The normalized spacial score (nSPS) is 15.6. The highest BCUT2D eigenvalue weighted by atomic mass is 32.2. The number of rotatable bonds is 7. The molecular formula is C13H16N2O2S3. The van der Waals surface area contributed by atoms with Gasteiger partial charge in [-0.1, -0.05) is 6.07 Å². The van der Waals surface area contributed by atoms with Gasteiger partial charge in [0.25, 0.3) is 0 Å². The highest BCUT2D eigenvalue weighted by Crippen LogP contribution is 2.23. The van der Waals surface area contributed by atoms with E-state index in [4.69, 9.17) is 0 Å². The Balaban J connectivity index is 1.61. The van der Waals surface area contributed by atoms with E-state index in [-0.39, 0.29) is 0 Å². The minimum atomic E-state index is -3.40. The molecule has 0 atom stereocenters. The lowest BCUT2D eigenvalue weighted by molar-refractivity contribution is 0.582. The predicted octanol–water partition coefficient (Wildman–Crippen LogP) is 2.54. The van der Waals surface area contributed by atoms with Crippen molar-refractivity contribution in [3.05, 3.63) is 38.7 Å². The first-order valence-electron chi connectivity index (χ1n) is 6.46. The monoisotopic (exact) mass is 328 g/mol. The SMILES string of the molecule is O=S(=O)(NCc1cccs1)c1csc(CNC2CC2)c1. The summed E-state index contributed by atoms with van der Waals surface area (Å²) in [6, 6.07) is 6.23. The van der Waals surface area contributed by atoms with Crippen LogP contribution >= 0.6 is 22.7 Å². The molecule has 1 aliphatic rings. The van der Waals surface area contributed by atoms with Crippen molar-refractivity contribution in [1.29, 1.82) is 0 Å². The Bertz CT molecular complexity index is 658. The van der Waals surface area contributed by atoms with Crippen molar-refractivity contribution in [2.24, 2.45) is 0 Å². The molecule has 0 bridgehead atoms. The molecule has 0 radical (unpaired) electrons. The fourth-order valence-corrected chi connectivity index (χ4v) is 4.76. The van der Waals surface area contributed by atoms with Crippen molar-refractivity contribution >= 4 is 32.7 Å². The summed E-state index contributed by atoms with van der Waals surface area (Å²) in [6.07, 6.45) is 2.47. The maximum Gasteiger partial charge on any atom is 0.241 e. The second-order valence-corrected chi connectivity index (χ2v) is 8.60. The van der Waals surface area contributed by atoms with E-state index in [9.17, 15) is 8.42 Å². The van der Waals surface area contributed by atoms with Crippen molar-refractivity contribution in [1.82, 2.24) is 10.0 Å². The molecule has 2 aromatic rings. The van der Waals surface area contributed by atoms with Crippen LogP contribution in [0.2, 0.25) is 0 Å². The average molecular weight is 328 g/mol. The summed E-state index contributed by atoms with van der Waals surface area (Å²) in [5, 5.41) is 7.04. The van der Waals surface area contributed by atoms with Crippen molar-refractivity contribution in [3.63, 3.8) is 0 Å². The lowest BCUT2D eigenvalue weighted by Crippen LogP contribution is -2.22. The summed E-state index contributed by atoms with van der Waals surface area (Å²) in [7, 11) is -3.40. The smallest absolute Gasteiger partial charge is 0.241 e. The van der Waals surface area contributed by atoms with E-state index in [2.05, 4.69) is 10.0 Å². The van der Waals surface area contributed by atoms with Crippen LogP contribution < -0.4 is 10.0 Å². The molecule has 2 heterocycles. The molecule has 0 amide bonds. The van der Waals surface area contributed by atoms with E-state index in [0.717, 1.165) is 16.3 Å². The van der Waals surface area contributed by atoms with Crippen molar-refractivity contribution in [3.8, 4) is 0 Å². The van der Waals surface area contributed by atoms with Gasteiger partial charge in [0.15, 0.2) is 0 Å². The summed E-state index contributed by atoms with van der Waals surface area (Å²) in [5.41, 5.74) is 0. The number of hydrogen-bond donors (Lipinski definition) is 2. The fraction of sp³-hybridized carbons (Fsp3) is 0.385. The maximum atomic E-state index is 12.2. The molecule has 7 heteroatoms. The molecule has 0 aliphatic heterocycles. The standard InChI is InChI=1S/C13H16N2O2S3/c16-20(17,15-8-11-2-1-5-18-11)13-6-12(19-9-13)7-14-10-3-4-10/h1-2,5-6,9-10,14-15H,3-4,7-8H2. The molecule has 0 spiro atoms. The molecule has 2 aromatic heterocycles. The first-order chi connectivity index (χ1) is 9.63. The Kier molecular flexibility index (Phi) is 4.23. The van der Waals surface area contributed by atoms with Crippen LogP contribution in [-0.2, 0) is 23.1 Å². The molecule has 1 aliphatic carbocycles. The minimum Gasteiger partial charge on any atom is -0.309 e. The van der Waals surface area contributed by atoms with Gasteiger partial charge in [-0.2, -0.15) is 0 Å². The third-order valence-electron chi connectivity index (χ3n) is 3.10. The van der Waals surface area contributed by atoms with E-state index >= 15 is 0 Å². The van der Waals surface area contributed by atoms with Crippen LogP contribution in [0.4, 0.5) is 0 Å². The second kappa shape index (κ2) is 5.95. The fourth-order valence-electron chi connectivity index (χ4n) is 1.79. The summed E-state index contributed by atoms with van der Waals surface area (Å²) < 4.78 is 27.0. The van der Waals surface area contributed by atoms with Gasteiger partial charge in [-0.25, -0.2) is 13.1 Å². The summed E-state index contributed by atoms with van der Waals surface area (Å²) >= 11 is 3.04. The van der Waals surface area contributed by atoms with E-state index in [1.165, 1.54) is 24.2 Å².